The molecule has 0 unspecified atom stereocenters. The van der Waals surface area contributed by atoms with Gasteiger partial charge >= 0.3 is 0 Å². The van der Waals surface area contributed by atoms with Crippen LogP contribution in [0.3, 0.4) is 0 Å². The zero-order valence-corrected chi connectivity index (χ0v) is 6.86. The Labute approximate surface area is 69.0 Å². The lowest BCUT2D eigenvalue weighted by Gasteiger charge is -2.00. The molecule has 0 saturated heterocycles. The highest BCUT2D eigenvalue weighted by Gasteiger charge is 2.02. The first-order valence-corrected chi connectivity index (χ1v) is 4.69. The number of hydrogen-bond donors (Lipinski definition) is 1. The topological polar surface area (TPSA) is 76.4 Å². The largest absolute Gasteiger partial charge is 0.337 e. The molecule has 0 aliphatic rings. The average molecular weight is 189 g/mol. The first-order valence-electron chi connectivity index (χ1n) is 3.09. The molecule has 1 heterocycles. The number of rotatable bonds is 2. The van der Waals surface area contributed by atoms with Crippen LogP contribution in [0.4, 0.5) is 0 Å². The third-order valence-corrected chi connectivity index (χ3v) is 1.80. The molecule has 0 amide bonds. The van der Waals surface area contributed by atoms with Crippen LogP contribution in [0.5, 0.6) is 0 Å². The van der Waals surface area contributed by atoms with E-state index in [0.29, 0.717) is 0 Å². The standard InChI is InChI=1S/C6H7NO4S/c8-6-1-3-7(4-2-6)5-12(9,10)11/h1-4H,5H2,(H,9,10,11). The molecule has 1 rings (SSSR count). The Hall–Kier alpha value is -1.14. The molecule has 1 N–H and O–H groups in total. The summed E-state index contributed by atoms with van der Waals surface area (Å²) in [6, 6.07) is 2.43. The van der Waals surface area contributed by atoms with Gasteiger partial charge in [0.15, 0.2) is 5.43 Å². The van der Waals surface area contributed by atoms with E-state index in [-0.39, 0.29) is 5.43 Å². The predicted molar refractivity (Wildman–Crippen MR) is 42.3 cm³/mol. The van der Waals surface area contributed by atoms with Gasteiger partial charge in [-0.2, -0.15) is 8.42 Å². The number of pyridine rings is 1. The number of aromatic nitrogens is 1. The van der Waals surface area contributed by atoms with Crippen LogP contribution in [0.2, 0.25) is 0 Å². The molecule has 0 radical (unpaired) electrons. The van der Waals surface area contributed by atoms with Crippen molar-refractivity contribution in [2.75, 3.05) is 0 Å². The Balaban J connectivity index is 2.93. The van der Waals surface area contributed by atoms with Crippen molar-refractivity contribution in [3.63, 3.8) is 0 Å². The molecule has 0 aromatic carbocycles. The number of nitrogens with zero attached hydrogens (tertiary/aromatic N) is 1. The van der Waals surface area contributed by atoms with E-state index in [1.54, 1.807) is 0 Å². The van der Waals surface area contributed by atoms with Crippen LogP contribution in [-0.2, 0) is 16.0 Å². The van der Waals surface area contributed by atoms with Crippen LogP contribution in [0, 0.1) is 0 Å². The smallest absolute Gasteiger partial charge is 0.283 e. The Kier molecular flexibility index (Phi) is 2.30. The van der Waals surface area contributed by atoms with Crippen molar-refractivity contribution in [2.24, 2.45) is 0 Å². The summed E-state index contributed by atoms with van der Waals surface area (Å²) in [5.74, 6) is -0.534. The van der Waals surface area contributed by atoms with Gasteiger partial charge in [0.05, 0.1) is 0 Å². The first kappa shape index (κ1) is 8.95. The van der Waals surface area contributed by atoms with E-state index in [1.165, 1.54) is 29.1 Å². The summed E-state index contributed by atoms with van der Waals surface area (Å²) in [7, 11) is -4.03. The fourth-order valence-corrected chi connectivity index (χ4v) is 1.27. The lowest BCUT2D eigenvalue weighted by molar-refractivity contribution is 0.471. The Morgan fingerprint density at radius 1 is 1.33 bits per heavy atom. The zero-order valence-electron chi connectivity index (χ0n) is 6.04. The summed E-state index contributed by atoms with van der Waals surface area (Å²) >= 11 is 0. The number of hydrogen-bond acceptors (Lipinski definition) is 3. The van der Waals surface area contributed by atoms with E-state index < -0.39 is 16.0 Å². The Morgan fingerprint density at radius 3 is 2.25 bits per heavy atom. The molecule has 0 spiro atoms. The Morgan fingerprint density at radius 2 is 1.83 bits per heavy atom. The molecule has 0 atom stereocenters. The highest BCUT2D eigenvalue weighted by Crippen LogP contribution is 1.90. The van der Waals surface area contributed by atoms with Crippen LogP contribution in [0.1, 0.15) is 0 Å². The SMILES string of the molecule is O=c1ccn(CS(=O)(=O)O)cc1. The molecule has 12 heavy (non-hydrogen) atoms. The molecule has 0 bridgehead atoms. The maximum Gasteiger partial charge on any atom is 0.283 e. The lowest BCUT2D eigenvalue weighted by atomic mass is 10.5. The van der Waals surface area contributed by atoms with Crippen molar-refractivity contribution >= 4 is 10.1 Å². The van der Waals surface area contributed by atoms with Crippen molar-refractivity contribution in [1.29, 1.82) is 0 Å². The summed E-state index contributed by atoms with van der Waals surface area (Å²) in [5.41, 5.74) is -0.207. The molecule has 0 aliphatic heterocycles. The van der Waals surface area contributed by atoms with Crippen molar-refractivity contribution in [3.05, 3.63) is 34.7 Å². The first-order chi connectivity index (χ1) is 5.47. The van der Waals surface area contributed by atoms with Gasteiger partial charge in [-0.15, -0.1) is 0 Å². The molecular formula is C6H7NO4S. The van der Waals surface area contributed by atoms with Gasteiger partial charge in [-0.3, -0.25) is 9.35 Å². The second-order valence-corrected chi connectivity index (χ2v) is 3.68. The van der Waals surface area contributed by atoms with Crippen LogP contribution in [0.15, 0.2) is 29.3 Å². The van der Waals surface area contributed by atoms with E-state index in [2.05, 4.69) is 0 Å². The summed E-state index contributed by atoms with van der Waals surface area (Å²) < 4.78 is 30.3. The fraction of sp³-hybridized carbons (Fsp3) is 0.167. The van der Waals surface area contributed by atoms with E-state index >= 15 is 0 Å². The van der Waals surface area contributed by atoms with Crippen molar-refractivity contribution in [3.8, 4) is 0 Å². The molecule has 1 aromatic rings. The highest BCUT2D eigenvalue weighted by atomic mass is 32.2. The van der Waals surface area contributed by atoms with Gasteiger partial charge in [-0.1, -0.05) is 0 Å². The molecule has 0 fully saturated rings. The average Bonchev–Trinajstić information content (AvgIpc) is 1.91. The molecule has 1 aromatic heterocycles. The Bertz CT molecular complexity index is 399. The monoisotopic (exact) mass is 189 g/mol. The van der Waals surface area contributed by atoms with E-state index in [9.17, 15) is 13.2 Å². The second kappa shape index (κ2) is 3.08. The normalized spacial score (nSPS) is 11.4. The van der Waals surface area contributed by atoms with E-state index in [1.807, 2.05) is 0 Å². The third-order valence-electron chi connectivity index (χ3n) is 1.17. The molecule has 6 heteroatoms. The molecule has 5 nitrogen and oxygen atoms in total. The second-order valence-electron chi connectivity index (χ2n) is 2.26. The van der Waals surface area contributed by atoms with Gasteiger partial charge in [0.1, 0.15) is 5.88 Å². The van der Waals surface area contributed by atoms with Gasteiger partial charge in [0.25, 0.3) is 10.1 Å². The summed E-state index contributed by atoms with van der Waals surface area (Å²) in [6.07, 6.45) is 2.58. The van der Waals surface area contributed by atoms with Crippen LogP contribution >= 0.6 is 0 Å². The quantitative estimate of drug-likeness (QED) is 0.647. The minimum atomic E-state index is -4.03. The maximum absolute atomic E-state index is 10.6. The zero-order chi connectivity index (χ0) is 9.19. The lowest BCUT2D eigenvalue weighted by Crippen LogP contribution is -2.11. The van der Waals surface area contributed by atoms with Gasteiger partial charge in [-0.05, 0) is 0 Å². The maximum atomic E-state index is 10.6. The van der Waals surface area contributed by atoms with Crippen molar-refractivity contribution in [1.82, 2.24) is 4.57 Å². The summed E-state index contributed by atoms with van der Waals surface area (Å²) in [6.45, 7) is 0. The minimum Gasteiger partial charge on any atom is -0.337 e. The van der Waals surface area contributed by atoms with Crippen molar-refractivity contribution < 1.29 is 13.0 Å². The summed E-state index contributed by atoms with van der Waals surface area (Å²) in [4.78, 5) is 10.6. The molecule has 0 saturated carbocycles. The fourth-order valence-electron chi connectivity index (χ4n) is 0.718. The predicted octanol–water partition coefficient (Wildman–Crippen LogP) is -0.306. The molecule has 66 valence electrons. The molecular weight excluding hydrogens is 182 g/mol. The van der Waals surface area contributed by atoms with Gasteiger partial charge in [0.2, 0.25) is 0 Å². The van der Waals surface area contributed by atoms with Gasteiger partial charge < -0.3 is 4.57 Å². The van der Waals surface area contributed by atoms with Crippen LogP contribution < -0.4 is 5.43 Å². The van der Waals surface area contributed by atoms with E-state index in [4.69, 9.17) is 4.55 Å². The van der Waals surface area contributed by atoms with Crippen LogP contribution in [-0.4, -0.2) is 17.5 Å². The minimum absolute atomic E-state index is 0.207. The van der Waals surface area contributed by atoms with Gasteiger partial charge in [-0.25, -0.2) is 0 Å². The third kappa shape index (κ3) is 2.85. The molecule has 0 aliphatic carbocycles. The van der Waals surface area contributed by atoms with Crippen LogP contribution in [0.25, 0.3) is 0 Å². The van der Waals surface area contributed by atoms with Crippen molar-refractivity contribution in [2.45, 2.75) is 5.88 Å². The highest BCUT2D eigenvalue weighted by molar-refractivity contribution is 7.84. The summed E-state index contributed by atoms with van der Waals surface area (Å²) in [5, 5.41) is 0. The van der Waals surface area contributed by atoms with E-state index in [0.717, 1.165) is 0 Å². The van der Waals surface area contributed by atoms with Gasteiger partial charge in [0, 0.05) is 24.5 Å².